The van der Waals surface area contributed by atoms with Crippen molar-refractivity contribution < 1.29 is 10.2 Å². The number of hydrogen-bond acceptors (Lipinski definition) is 3. The summed E-state index contributed by atoms with van der Waals surface area (Å²) in [6.45, 7) is 2.46. The summed E-state index contributed by atoms with van der Waals surface area (Å²) >= 11 is 6.29. The number of nitrogens with zero attached hydrogens (tertiary/aromatic N) is 1. The van der Waals surface area contributed by atoms with Gasteiger partial charge in [0.05, 0.1) is 23.4 Å². The molecule has 2 rings (SSSR count). The molecular weight excluding hydrogens is 250 g/mol. The lowest BCUT2D eigenvalue weighted by Crippen LogP contribution is -2.42. The van der Waals surface area contributed by atoms with Crippen LogP contribution < -0.4 is 4.90 Å². The van der Waals surface area contributed by atoms with E-state index in [-0.39, 0.29) is 6.61 Å². The van der Waals surface area contributed by atoms with Crippen molar-refractivity contribution in [3.05, 3.63) is 28.8 Å². The van der Waals surface area contributed by atoms with Gasteiger partial charge in [0.2, 0.25) is 0 Å². The minimum absolute atomic E-state index is 0.130. The summed E-state index contributed by atoms with van der Waals surface area (Å²) in [5.41, 5.74) is 1.78. The number of halogens is 1. The first-order valence-corrected chi connectivity index (χ1v) is 6.86. The minimum Gasteiger partial charge on any atom is -0.395 e. The van der Waals surface area contributed by atoms with Gasteiger partial charge in [-0.25, -0.2) is 0 Å². The Bertz CT molecular complexity index is 405. The van der Waals surface area contributed by atoms with Crippen LogP contribution in [0.5, 0.6) is 0 Å². The number of anilines is 1. The molecule has 0 aliphatic heterocycles. The first-order valence-electron chi connectivity index (χ1n) is 6.48. The predicted molar refractivity (Wildman–Crippen MR) is 74.2 cm³/mol. The monoisotopic (exact) mass is 269 g/mol. The molecule has 2 N–H and O–H groups in total. The third-order valence-corrected chi connectivity index (χ3v) is 3.92. The summed E-state index contributed by atoms with van der Waals surface area (Å²) in [6.07, 6.45) is 3.06. The third-order valence-electron chi connectivity index (χ3n) is 3.62. The second-order valence-corrected chi connectivity index (χ2v) is 5.30. The molecular formula is C14H20ClNO2. The first kappa shape index (κ1) is 13.7. The molecule has 0 radical (unpaired) electrons. The van der Waals surface area contributed by atoms with E-state index < -0.39 is 6.10 Å². The topological polar surface area (TPSA) is 43.7 Å². The normalized spacial score (nSPS) is 17.3. The van der Waals surface area contributed by atoms with Gasteiger partial charge in [0.1, 0.15) is 0 Å². The van der Waals surface area contributed by atoms with Crippen LogP contribution in [0.4, 0.5) is 5.69 Å². The molecule has 1 aliphatic rings. The Kier molecular flexibility index (Phi) is 4.49. The maximum absolute atomic E-state index is 9.54. The molecule has 0 spiro atoms. The lowest BCUT2D eigenvalue weighted by molar-refractivity contribution is 0.199. The number of hydrogen-bond donors (Lipinski definition) is 2. The van der Waals surface area contributed by atoms with Crippen LogP contribution in [0.3, 0.4) is 0 Å². The zero-order chi connectivity index (χ0) is 13.1. The fourth-order valence-corrected chi connectivity index (χ4v) is 2.62. The summed E-state index contributed by atoms with van der Waals surface area (Å²) < 4.78 is 0. The highest BCUT2D eigenvalue weighted by Crippen LogP contribution is 2.35. The maximum atomic E-state index is 9.54. The van der Waals surface area contributed by atoms with Crippen LogP contribution in [0.2, 0.25) is 5.02 Å². The van der Waals surface area contributed by atoms with Gasteiger partial charge in [-0.1, -0.05) is 17.7 Å². The number of rotatable bonds is 5. The van der Waals surface area contributed by atoms with E-state index in [0.29, 0.717) is 17.6 Å². The molecule has 1 aromatic carbocycles. The molecule has 3 nitrogen and oxygen atoms in total. The highest BCUT2D eigenvalue weighted by atomic mass is 35.5. The van der Waals surface area contributed by atoms with E-state index in [1.807, 2.05) is 18.2 Å². The summed E-state index contributed by atoms with van der Waals surface area (Å²) in [7, 11) is 0. The van der Waals surface area contributed by atoms with Crippen LogP contribution in [0, 0.1) is 0 Å². The highest BCUT2D eigenvalue weighted by molar-refractivity contribution is 6.33. The van der Waals surface area contributed by atoms with Gasteiger partial charge >= 0.3 is 0 Å². The van der Waals surface area contributed by atoms with Gasteiger partial charge in [0.25, 0.3) is 0 Å². The zero-order valence-electron chi connectivity index (χ0n) is 10.6. The van der Waals surface area contributed by atoms with E-state index >= 15 is 0 Å². The van der Waals surface area contributed by atoms with E-state index in [2.05, 4.69) is 4.90 Å². The lowest BCUT2D eigenvalue weighted by Gasteiger charge is -2.39. The summed E-state index contributed by atoms with van der Waals surface area (Å²) in [5.74, 6) is 0. The first-order chi connectivity index (χ1) is 8.63. The number of aliphatic hydroxyl groups excluding tert-OH is 2. The van der Waals surface area contributed by atoms with Gasteiger partial charge in [0, 0.05) is 12.6 Å². The van der Waals surface area contributed by atoms with Gasteiger partial charge < -0.3 is 15.1 Å². The van der Waals surface area contributed by atoms with Crippen LogP contribution in [0.15, 0.2) is 18.2 Å². The Morgan fingerprint density at radius 3 is 2.61 bits per heavy atom. The molecule has 0 unspecified atom stereocenters. The predicted octanol–water partition coefficient (Wildman–Crippen LogP) is 2.74. The number of benzene rings is 1. The van der Waals surface area contributed by atoms with E-state index in [1.165, 1.54) is 6.42 Å². The number of aliphatic hydroxyl groups is 2. The fraction of sp³-hybridized carbons (Fsp3) is 0.571. The van der Waals surface area contributed by atoms with Gasteiger partial charge in [-0.15, -0.1) is 0 Å². The van der Waals surface area contributed by atoms with Crippen LogP contribution in [0.25, 0.3) is 0 Å². The second kappa shape index (κ2) is 5.91. The lowest BCUT2D eigenvalue weighted by atomic mass is 9.91. The molecule has 0 amide bonds. The van der Waals surface area contributed by atoms with Crippen molar-refractivity contribution in [2.24, 2.45) is 0 Å². The molecule has 100 valence electrons. The molecule has 1 fully saturated rings. The van der Waals surface area contributed by atoms with Crippen molar-refractivity contribution in [3.63, 3.8) is 0 Å². The average molecular weight is 270 g/mol. The molecule has 0 bridgehead atoms. The molecule has 18 heavy (non-hydrogen) atoms. The van der Waals surface area contributed by atoms with E-state index in [9.17, 15) is 10.2 Å². The second-order valence-electron chi connectivity index (χ2n) is 4.89. The molecule has 0 heterocycles. The van der Waals surface area contributed by atoms with E-state index in [4.69, 9.17) is 11.6 Å². The third kappa shape index (κ3) is 2.79. The SMILES string of the molecule is C[C@@H](O)c1ccc(N(CCO)C2CCC2)c(Cl)c1. The van der Waals surface area contributed by atoms with Crippen LogP contribution in [-0.4, -0.2) is 29.4 Å². The maximum Gasteiger partial charge on any atom is 0.0762 e. The van der Waals surface area contributed by atoms with Crippen LogP contribution >= 0.6 is 11.6 Å². The standard InChI is InChI=1S/C14H20ClNO2/c1-10(18)11-5-6-14(13(15)9-11)16(7-8-17)12-3-2-4-12/h5-6,9-10,12,17-18H,2-4,7-8H2,1H3/t10-/m1/s1. The Hall–Kier alpha value is -0.770. The van der Waals surface area contributed by atoms with Gasteiger partial charge in [0.15, 0.2) is 0 Å². The summed E-state index contributed by atoms with van der Waals surface area (Å²) in [4.78, 5) is 2.18. The smallest absolute Gasteiger partial charge is 0.0762 e. The zero-order valence-corrected chi connectivity index (χ0v) is 11.4. The quantitative estimate of drug-likeness (QED) is 0.864. The van der Waals surface area contributed by atoms with Crippen molar-refractivity contribution in [1.29, 1.82) is 0 Å². The molecule has 0 aromatic heterocycles. The average Bonchev–Trinajstić information content (AvgIpc) is 2.26. The Morgan fingerprint density at radius 1 is 1.44 bits per heavy atom. The van der Waals surface area contributed by atoms with Crippen molar-refractivity contribution >= 4 is 17.3 Å². The Labute approximate surface area is 113 Å². The largest absolute Gasteiger partial charge is 0.395 e. The molecule has 4 heteroatoms. The van der Waals surface area contributed by atoms with Crippen molar-refractivity contribution in [3.8, 4) is 0 Å². The van der Waals surface area contributed by atoms with Gasteiger partial charge in [-0.3, -0.25) is 0 Å². The van der Waals surface area contributed by atoms with Crippen molar-refractivity contribution in [1.82, 2.24) is 0 Å². The van der Waals surface area contributed by atoms with E-state index in [0.717, 1.165) is 24.1 Å². The molecule has 1 atom stereocenters. The van der Waals surface area contributed by atoms with Crippen LogP contribution in [0.1, 0.15) is 37.9 Å². The van der Waals surface area contributed by atoms with Gasteiger partial charge in [-0.05, 0) is 43.9 Å². The molecule has 0 saturated heterocycles. The highest BCUT2D eigenvalue weighted by Gasteiger charge is 2.26. The van der Waals surface area contributed by atoms with Gasteiger partial charge in [-0.2, -0.15) is 0 Å². The molecule has 1 aliphatic carbocycles. The van der Waals surface area contributed by atoms with Crippen molar-refractivity contribution in [2.45, 2.75) is 38.3 Å². The minimum atomic E-state index is -0.508. The molecule has 1 aromatic rings. The van der Waals surface area contributed by atoms with Crippen LogP contribution in [-0.2, 0) is 0 Å². The summed E-state index contributed by atoms with van der Waals surface area (Å²) in [5, 5.41) is 19.4. The summed E-state index contributed by atoms with van der Waals surface area (Å²) in [6, 6.07) is 6.14. The van der Waals surface area contributed by atoms with Crippen molar-refractivity contribution in [2.75, 3.05) is 18.1 Å². The molecule has 1 saturated carbocycles. The Balaban J connectivity index is 2.23. The Morgan fingerprint density at radius 2 is 2.17 bits per heavy atom. The fourth-order valence-electron chi connectivity index (χ4n) is 2.32. The van der Waals surface area contributed by atoms with E-state index in [1.54, 1.807) is 6.92 Å².